The average molecular weight is 432 g/mol. The number of rotatable bonds is 5. The number of hydrogen-bond donors (Lipinski definition) is 1. The summed E-state index contributed by atoms with van der Waals surface area (Å²) in [6.45, 7) is 4.46. The highest BCUT2D eigenvalue weighted by molar-refractivity contribution is 14.1. The second kappa shape index (κ2) is 8.50. The third-order valence-corrected chi connectivity index (χ3v) is 4.05. The van der Waals surface area contributed by atoms with E-state index < -0.39 is 5.91 Å². The van der Waals surface area contributed by atoms with Gasteiger partial charge in [-0.3, -0.25) is 4.79 Å². The summed E-state index contributed by atoms with van der Waals surface area (Å²) in [6.07, 6.45) is 1.57. The van der Waals surface area contributed by atoms with Crippen LogP contribution in [0.25, 0.3) is 6.08 Å². The number of nitriles is 1. The van der Waals surface area contributed by atoms with Crippen LogP contribution in [0.15, 0.2) is 48.0 Å². The van der Waals surface area contributed by atoms with Crippen LogP contribution in [0.5, 0.6) is 5.75 Å². The fraction of sp³-hybridized carbons (Fsp3) is 0.158. The van der Waals surface area contributed by atoms with Crippen LogP contribution in [0.3, 0.4) is 0 Å². The molecule has 1 amide bonds. The highest BCUT2D eigenvalue weighted by Crippen LogP contribution is 2.23. The number of nitrogens with zero attached hydrogens (tertiary/aromatic N) is 1. The Bertz CT molecular complexity index is 822. The van der Waals surface area contributed by atoms with Crippen LogP contribution in [-0.2, 0) is 4.79 Å². The molecule has 0 unspecified atom stereocenters. The first-order chi connectivity index (χ1) is 11.5. The van der Waals surface area contributed by atoms with Crippen molar-refractivity contribution in [2.75, 3.05) is 11.9 Å². The normalized spacial score (nSPS) is 10.8. The van der Waals surface area contributed by atoms with E-state index in [4.69, 9.17) is 4.74 Å². The van der Waals surface area contributed by atoms with E-state index in [-0.39, 0.29) is 5.57 Å². The smallest absolute Gasteiger partial charge is 0.266 e. The van der Waals surface area contributed by atoms with Gasteiger partial charge in [-0.15, -0.1) is 0 Å². The van der Waals surface area contributed by atoms with Crippen LogP contribution < -0.4 is 10.1 Å². The van der Waals surface area contributed by atoms with E-state index in [2.05, 4.69) is 27.9 Å². The molecule has 2 aromatic carbocycles. The number of aryl methyl sites for hydroxylation is 1. The van der Waals surface area contributed by atoms with E-state index in [1.165, 1.54) is 0 Å². The summed E-state index contributed by atoms with van der Waals surface area (Å²) >= 11 is 2.17. The summed E-state index contributed by atoms with van der Waals surface area (Å²) in [5, 5.41) is 12.0. The number of nitrogens with one attached hydrogen (secondary N) is 1. The maximum Gasteiger partial charge on any atom is 0.266 e. The van der Waals surface area contributed by atoms with E-state index in [0.29, 0.717) is 12.3 Å². The summed E-state index contributed by atoms with van der Waals surface area (Å²) in [4.78, 5) is 12.3. The van der Waals surface area contributed by atoms with Gasteiger partial charge >= 0.3 is 0 Å². The van der Waals surface area contributed by atoms with Crippen LogP contribution in [0.4, 0.5) is 5.69 Å². The third-order valence-electron chi connectivity index (χ3n) is 3.21. The van der Waals surface area contributed by atoms with Crippen molar-refractivity contribution in [2.45, 2.75) is 13.8 Å². The number of carbonyl (C=O) groups is 1. The minimum Gasteiger partial charge on any atom is -0.493 e. The van der Waals surface area contributed by atoms with Gasteiger partial charge in [-0.25, -0.2) is 0 Å². The Morgan fingerprint density at radius 1 is 1.33 bits per heavy atom. The van der Waals surface area contributed by atoms with Crippen molar-refractivity contribution in [1.29, 1.82) is 5.26 Å². The number of benzene rings is 2. The molecule has 2 aromatic rings. The SMILES string of the molecule is CCOc1ccc(/C=C(/C#N)C(=O)Nc2cccc(C)c2)cc1I. The van der Waals surface area contributed by atoms with Crippen LogP contribution >= 0.6 is 22.6 Å². The molecular formula is C19H17IN2O2. The molecule has 0 spiro atoms. The summed E-state index contributed by atoms with van der Waals surface area (Å²) in [5.74, 6) is 0.366. The lowest BCUT2D eigenvalue weighted by Gasteiger charge is -2.07. The standard InChI is InChI=1S/C19H17IN2O2/c1-3-24-18-8-7-14(11-17(18)20)10-15(12-21)19(23)22-16-6-4-5-13(2)9-16/h4-11H,3H2,1-2H3,(H,22,23)/b15-10-. The molecule has 2 rings (SSSR count). The van der Waals surface area contributed by atoms with Crippen LogP contribution in [0, 0.1) is 21.8 Å². The van der Waals surface area contributed by atoms with Gasteiger partial charge < -0.3 is 10.1 Å². The number of anilines is 1. The van der Waals surface area contributed by atoms with Crippen LogP contribution in [0.2, 0.25) is 0 Å². The largest absolute Gasteiger partial charge is 0.493 e. The minimum absolute atomic E-state index is 0.0523. The molecule has 0 aromatic heterocycles. The Morgan fingerprint density at radius 3 is 2.75 bits per heavy atom. The molecule has 0 radical (unpaired) electrons. The Balaban J connectivity index is 2.21. The van der Waals surface area contributed by atoms with Gasteiger partial charge in [-0.2, -0.15) is 5.26 Å². The Hall–Kier alpha value is -2.33. The fourth-order valence-electron chi connectivity index (χ4n) is 2.12. The number of halogens is 1. The summed E-state index contributed by atoms with van der Waals surface area (Å²) < 4.78 is 6.42. The second-order valence-corrected chi connectivity index (χ2v) is 6.28. The Labute approximate surface area is 155 Å². The van der Waals surface area contributed by atoms with E-state index in [1.807, 2.05) is 56.3 Å². The molecule has 0 bridgehead atoms. The highest BCUT2D eigenvalue weighted by atomic mass is 127. The van der Waals surface area contributed by atoms with E-state index in [9.17, 15) is 10.1 Å². The van der Waals surface area contributed by atoms with Gasteiger partial charge in [-0.05, 0) is 77.9 Å². The molecule has 0 aliphatic carbocycles. The fourth-order valence-corrected chi connectivity index (χ4v) is 2.81. The molecule has 0 heterocycles. The molecule has 24 heavy (non-hydrogen) atoms. The topological polar surface area (TPSA) is 62.1 Å². The molecule has 0 atom stereocenters. The molecule has 0 fully saturated rings. The average Bonchev–Trinajstić information content (AvgIpc) is 2.55. The first-order valence-electron chi connectivity index (χ1n) is 7.45. The van der Waals surface area contributed by atoms with E-state index in [0.717, 1.165) is 20.4 Å². The Morgan fingerprint density at radius 2 is 2.12 bits per heavy atom. The predicted octanol–water partition coefficient (Wildman–Crippen LogP) is 4.54. The molecular weight excluding hydrogens is 415 g/mol. The lowest BCUT2D eigenvalue weighted by Crippen LogP contribution is -2.13. The number of ether oxygens (including phenoxy) is 1. The minimum atomic E-state index is -0.424. The number of carbonyl (C=O) groups excluding carboxylic acids is 1. The zero-order chi connectivity index (χ0) is 17.5. The van der Waals surface area contributed by atoms with Crippen molar-refractivity contribution in [3.05, 3.63) is 62.7 Å². The van der Waals surface area contributed by atoms with Crippen molar-refractivity contribution in [3.63, 3.8) is 0 Å². The zero-order valence-electron chi connectivity index (χ0n) is 13.5. The van der Waals surface area contributed by atoms with Gasteiger partial charge in [-0.1, -0.05) is 18.2 Å². The van der Waals surface area contributed by atoms with Crippen LogP contribution in [0.1, 0.15) is 18.1 Å². The lowest BCUT2D eigenvalue weighted by molar-refractivity contribution is -0.112. The summed E-state index contributed by atoms with van der Waals surface area (Å²) in [5.41, 5.74) is 2.54. The lowest BCUT2D eigenvalue weighted by atomic mass is 10.1. The summed E-state index contributed by atoms with van der Waals surface area (Å²) in [7, 11) is 0. The highest BCUT2D eigenvalue weighted by Gasteiger charge is 2.10. The third kappa shape index (κ3) is 4.83. The maximum absolute atomic E-state index is 12.3. The monoisotopic (exact) mass is 432 g/mol. The van der Waals surface area contributed by atoms with Gasteiger partial charge in [0.1, 0.15) is 17.4 Å². The zero-order valence-corrected chi connectivity index (χ0v) is 15.6. The first-order valence-corrected chi connectivity index (χ1v) is 8.53. The van der Waals surface area contributed by atoms with Crippen LogP contribution in [-0.4, -0.2) is 12.5 Å². The van der Waals surface area contributed by atoms with Gasteiger partial charge in [0.25, 0.3) is 5.91 Å². The second-order valence-electron chi connectivity index (χ2n) is 5.12. The van der Waals surface area contributed by atoms with Gasteiger partial charge in [0.05, 0.1) is 10.2 Å². The van der Waals surface area contributed by atoms with Crippen molar-refractivity contribution < 1.29 is 9.53 Å². The predicted molar refractivity (Wildman–Crippen MR) is 104 cm³/mol. The maximum atomic E-state index is 12.3. The Kier molecular flexibility index (Phi) is 6.38. The van der Waals surface area contributed by atoms with E-state index in [1.54, 1.807) is 12.1 Å². The molecule has 0 saturated carbocycles. The molecule has 0 aliphatic rings. The van der Waals surface area contributed by atoms with Crippen molar-refractivity contribution in [1.82, 2.24) is 0 Å². The molecule has 122 valence electrons. The molecule has 1 N–H and O–H groups in total. The van der Waals surface area contributed by atoms with Crippen molar-refractivity contribution in [3.8, 4) is 11.8 Å². The van der Waals surface area contributed by atoms with Crippen molar-refractivity contribution in [2.24, 2.45) is 0 Å². The molecule has 5 heteroatoms. The first kappa shape index (κ1) is 18.0. The molecule has 0 aliphatic heterocycles. The van der Waals surface area contributed by atoms with Crippen molar-refractivity contribution >= 4 is 40.3 Å². The van der Waals surface area contributed by atoms with E-state index >= 15 is 0 Å². The summed E-state index contributed by atoms with van der Waals surface area (Å²) in [6, 6.07) is 14.9. The number of hydrogen-bond acceptors (Lipinski definition) is 3. The molecule has 4 nitrogen and oxygen atoms in total. The quantitative estimate of drug-likeness (QED) is 0.429. The molecule has 0 saturated heterocycles. The van der Waals surface area contributed by atoms with Gasteiger partial charge in [0.2, 0.25) is 0 Å². The number of amides is 1. The van der Waals surface area contributed by atoms with Gasteiger partial charge in [0.15, 0.2) is 0 Å². The van der Waals surface area contributed by atoms with Gasteiger partial charge in [0, 0.05) is 5.69 Å².